The molecule has 21 heteroatoms. The number of benzene rings is 7. The van der Waals surface area contributed by atoms with Crippen molar-refractivity contribution < 1.29 is 98.1 Å². The number of nitrogens with zero attached hydrogens (tertiary/aromatic N) is 7. The molecule has 133 heavy (non-hydrogen) atoms. The van der Waals surface area contributed by atoms with E-state index in [9.17, 15) is 33.6 Å². The largest absolute Gasteiger partial charge is 0.456 e. The van der Waals surface area contributed by atoms with Gasteiger partial charge in [0.2, 0.25) is 0 Å². The Labute approximate surface area is 815 Å². The minimum Gasteiger partial charge on any atom is -0.456 e. The van der Waals surface area contributed by atoms with Crippen LogP contribution in [0.15, 0.2) is 182 Å². The molecule has 0 bridgehead atoms. The van der Waals surface area contributed by atoms with E-state index < -0.39 is 0 Å². The van der Waals surface area contributed by atoms with Crippen molar-refractivity contribution in [2.45, 2.75) is 185 Å². The average molecular weight is 1870 g/mol. The second-order valence-corrected chi connectivity index (χ2v) is 37.2. The molecule has 0 aliphatic rings. The van der Waals surface area contributed by atoms with Gasteiger partial charge in [0.05, 0.1) is 187 Å². The van der Waals surface area contributed by atoms with Gasteiger partial charge >= 0.3 is 41.8 Å². The Bertz CT molecular complexity index is 3370. The monoisotopic (exact) mass is 1870 g/mol. The van der Waals surface area contributed by atoms with Crippen molar-refractivity contribution in [3.63, 3.8) is 0 Å². The molecular weight excluding hydrogens is 1670 g/mol. The fraction of sp³-hybridized carbons (Fsp3) is 0.562. The summed E-state index contributed by atoms with van der Waals surface area (Å²) in [4.78, 5) is 81.4. The summed E-state index contributed by atoms with van der Waals surface area (Å²) in [6, 6.07) is 54.3. The maximum Gasteiger partial charge on any atom is 0.338 e. The molecule has 0 atom stereocenters. The van der Waals surface area contributed by atoms with Gasteiger partial charge < -0.3 is 64.5 Å². The summed E-state index contributed by atoms with van der Waals surface area (Å²) in [5.41, 5.74) is 10.1. The number of likely N-dealkylation sites (N-methyl/N-ethyl adjacent to an activating group) is 7. The number of esters is 7. The summed E-state index contributed by atoms with van der Waals surface area (Å²) in [7, 11) is 43.4. The first-order valence-electron chi connectivity index (χ1n) is 48.3. The molecule has 0 radical (unpaired) electrons. The molecule has 760 valence electrons. The quantitative estimate of drug-likeness (QED) is 0.0245. The molecule has 0 heterocycles. The average Bonchev–Trinajstić information content (AvgIpc) is 0.787. The Morgan fingerprint density at radius 2 is 0.316 bits per heavy atom. The predicted molar refractivity (Wildman–Crippen MR) is 566 cm³/mol. The summed E-state index contributed by atoms with van der Waals surface area (Å²) in [5.74, 6) is -0.839. The van der Waals surface area contributed by atoms with Crippen LogP contribution >= 0.6 is 0 Å². The Morgan fingerprint density at radius 1 is 0.211 bits per heavy atom. The summed E-state index contributed by atoms with van der Waals surface area (Å²) < 4.78 is 41.9. The minimum absolute atomic E-state index is 0.195. The third-order valence-electron chi connectivity index (χ3n) is 16.7. The van der Waals surface area contributed by atoms with Crippen molar-refractivity contribution in [3.8, 4) is 0 Å². The van der Waals surface area contributed by atoms with Crippen LogP contribution in [0.25, 0.3) is 0 Å². The van der Waals surface area contributed by atoms with Crippen LogP contribution in [-0.2, 0) is 33.2 Å². The summed E-state index contributed by atoms with van der Waals surface area (Å²) in [6.45, 7) is 58.3. The first-order valence-corrected chi connectivity index (χ1v) is 48.3. The maximum absolute atomic E-state index is 12.4. The van der Waals surface area contributed by atoms with Gasteiger partial charge in [-0.1, -0.05) is 260 Å². The number of hydrogen-bond acceptors (Lipinski definition) is 14. The van der Waals surface area contributed by atoms with Gasteiger partial charge in [0.1, 0.15) is 92.1 Å². The van der Waals surface area contributed by atoms with Gasteiger partial charge in [-0.3, -0.25) is 0 Å². The Hall–Kier alpha value is -9.45. The first-order chi connectivity index (χ1) is 62.1. The van der Waals surface area contributed by atoms with E-state index in [1.165, 1.54) is 36.0 Å². The molecule has 0 spiro atoms. The van der Waals surface area contributed by atoms with E-state index >= 15 is 0 Å². The zero-order chi connectivity index (χ0) is 105. The van der Waals surface area contributed by atoms with Crippen LogP contribution in [0.3, 0.4) is 0 Å². The lowest BCUT2D eigenvalue weighted by molar-refractivity contribution is -0.870. The van der Waals surface area contributed by atoms with E-state index in [1.54, 1.807) is 72.8 Å². The standard InChI is InChI=1S/C17H28NO2.6C12H18NO2.2C4H10.C3H8.6C2H6/c1-11-12(2)14(4)16(15(5)13(11)3)17(19)20-10-9-18(6,7)8;6*1-13(2,3)9-10-15-12(14)11-7-5-4-6-8-11;1-4(2)3;1-3-4-2;1-3-2;6*1-2/h9-10H2,1-8H3;6*4-8H,9-10H2,1-3H3;4H,1-3H3;3-4H2,1-2H3;3H2,1-2H3;6*1-2H3/q7*+1;;;;;;;;;. The van der Waals surface area contributed by atoms with Gasteiger partial charge in [-0.15, -0.1) is 0 Å². The van der Waals surface area contributed by atoms with Crippen molar-refractivity contribution in [3.05, 3.63) is 249 Å². The molecule has 21 nitrogen and oxygen atoms in total. The second-order valence-electron chi connectivity index (χ2n) is 37.2. The van der Waals surface area contributed by atoms with Gasteiger partial charge in [-0.2, -0.15) is 0 Å². The van der Waals surface area contributed by atoms with E-state index in [4.69, 9.17) is 33.2 Å². The highest BCUT2D eigenvalue weighted by Gasteiger charge is 2.22. The van der Waals surface area contributed by atoms with Crippen molar-refractivity contribution in [1.82, 2.24) is 0 Å². The zero-order valence-electron chi connectivity index (χ0n) is 93.3. The molecule has 0 aliphatic heterocycles. The van der Waals surface area contributed by atoms with Crippen LogP contribution in [0.1, 0.15) is 251 Å². The van der Waals surface area contributed by atoms with Crippen molar-refractivity contribution in [2.75, 3.05) is 240 Å². The molecule has 7 aromatic rings. The first kappa shape index (κ1) is 141. The molecular formula is C112H200N7O14+7. The highest BCUT2D eigenvalue weighted by atomic mass is 16.6. The molecule has 7 aromatic carbocycles. The molecule has 0 unspecified atom stereocenters. The highest BCUT2D eigenvalue weighted by molar-refractivity contribution is 5.94. The van der Waals surface area contributed by atoms with Crippen molar-refractivity contribution >= 4 is 41.8 Å². The Kier molecular flexibility index (Phi) is 89.6. The molecule has 0 amide bonds. The van der Waals surface area contributed by atoms with E-state index in [2.05, 4.69) is 217 Å². The molecule has 0 saturated carbocycles. The topological polar surface area (TPSA) is 184 Å². The third-order valence-corrected chi connectivity index (χ3v) is 16.7. The van der Waals surface area contributed by atoms with Crippen LogP contribution in [0.2, 0.25) is 0 Å². The predicted octanol–water partition coefficient (Wildman–Crippen LogP) is 23.4. The van der Waals surface area contributed by atoms with Crippen molar-refractivity contribution in [2.24, 2.45) is 5.92 Å². The van der Waals surface area contributed by atoms with Crippen LogP contribution in [0.5, 0.6) is 0 Å². The molecule has 7 rings (SSSR count). The lowest BCUT2D eigenvalue weighted by Crippen LogP contribution is -2.38. The summed E-state index contributed by atoms with van der Waals surface area (Å²) in [6.07, 6.45) is 3.89. The van der Waals surface area contributed by atoms with E-state index in [-0.39, 0.29) is 41.8 Å². The maximum atomic E-state index is 12.4. The SMILES string of the molecule is CC.CC.CC.CC.CC.CC.CC(C)C.CCC.CCCC.C[N+](C)(C)CCOC(=O)c1ccccc1.C[N+](C)(C)CCOC(=O)c1ccccc1.C[N+](C)(C)CCOC(=O)c1ccccc1.C[N+](C)(C)CCOC(=O)c1ccccc1.C[N+](C)(C)CCOC(=O)c1ccccc1.C[N+](C)(C)CCOC(=O)c1ccccc1.Cc1c(C)c(C)c(C(=O)OCC[N+](C)(C)C)c(C)c1C. The molecule has 0 aliphatic carbocycles. The zero-order valence-corrected chi connectivity index (χ0v) is 93.3. The fourth-order valence-electron chi connectivity index (χ4n) is 8.71. The van der Waals surface area contributed by atoms with Crippen molar-refractivity contribution in [1.29, 1.82) is 0 Å². The normalized spacial score (nSPS) is 10.2. The van der Waals surface area contributed by atoms with E-state index in [0.29, 0.717) is 79.6 Å². The van der Waals surface area contributed by atoms with Crippen LogP contribution < -0.4 is 0 Å². The van der Waals surface area contributed by atoms with Gasteiger partial charge in [0.15, 0.2) is 0 Å². The summed E-state index contributed by atoms with van der Waals surface area (Å²) >= 11 is 0. The van der Waals surface area contributed by atoms with Gasteiger partial charge in [-0.25, -0.2) is 33.6 Å². The summed E-state index contributed by atoms with van der Waals surface area (Å²) in [5, 5.41) is 0. The van der Waals surface area contributed by atoms with E-state index in [0.717, 1.165) is 99.8 Å². The highest BCUT2D eigenvalue weighted by Crippen LogP contribution is 2.27. The number of carbonyl (C=O) groups is 7. The molecule has 0 fully saturated rings. The molecule has 0 N–H and O–H groups in total. The Morgan fingerprint density at radius 3 is 0.421 bits per heavy atom. The minimum atomic E-state index is -0.246. The number of hydrogen-bond donors (Lipinski definition) is 0. The lowest BCUT2D eigenvalue weighted by atomic mass is 9.90. The number of unbranched alkanes of at least 4 members (excludes halogenated alkanes) is 1. The molecule has 0 aromatic heterocycles. The molecule has 0 saturated heterocycles. The number of rotatable bonds is 29. The van der Waals surface area contributed by atoms with Crippen LogP contribution in [0.4, 0.5) is 0 Å². The lowest BCUT2D eigenvalue weighted by Gasteiger charge is -2.24. The van der Waals surface area contributed by atoms with Crippen LogP contribution in [-0.4, -0.2) is 313 Å². The van der Waals surface area contributed by atoms with E-state index in [1.807, 2.05) is 206 Å². The number of quaternary nitrogens is 7. The Balaban J connectivity index is -0.000000186. The second kappa shape index (κ2) is 84.3. The number of ether oxygens (including phenoxy) is 7. The van der Waals surface area contributed by atoms with Gasteiger partial charge in [-0.05, 0) is 141 Å². The fourth-order valence-corrected chi connectivity index (χ4v) is 8.71. The smallest absolute Gasteiger partial charge is 0.338 e. The van der Waals surface area contributed by atoms with Gasteiger partial charge in [0, 0.05) is 0 Å². The third kappa shape index (κ3) is 90.2. The van der Waals surface area contributed by atoms with Crippen LogP contribution in [0, 0.1) is 40.5 Å². The number of carbonyl (C=O) groups excluding carboxylic acids is 7. The van der Waals surface area contributed by atoms with Gasteiger partial charge in [0.25, 0.3) is 0 Å².